The van der Waals surface area contributed by atoms with Crippen LogP contribution in [-0.4, -0.2) is 30.9 Å². The van der Waals surface area contributed by atoms with E-state index in [1.165, 1.54) is 13.2 Å². The van der Waals surface area contributed by atoms with Gasteiger partial charge in [0.05, 0.1) is 11.4 Å². The summed E-state index contributed by atoms with van der Waals surface area (Å²) in [5.41, 5.74) is 0.597. The van der Waals surface area contributed by atoms with Crippen molar-refractivity contribution in [3.05, 3.63) is 35.8 Å². The largest absolute Gasteiger partial charge is 0.375 e. The number of nitrogens with zero attached hydrogens (tertiary/aromatic N) is 1. The zero-order valence-electron chi connectivity index (χ0n) is 8.77. The molecule has 5 nitrogen and oxygen atoms in total. The Labute approximate surface area is 93.1 Å². The van der Waals surface area contributed by atoms with Crippen LogP contribution < -0.4 is 5.32 Å². The van der Waals surface area contributed by atoms with Gasteiger partial charge in [-0.05, 0) is 18.2 Å². The SMILES string of the molecule is COCC(=O)NC([C]=O)=Cc1ccccn1. The normalized spacial score (nSPS) is 10.9. The molecule has 0 unspecified atom stereocenters. The number of hydrogen-bond acceptors (Lipinski definition) is 4. The summed E-state index contributed by atoms with van der Waals surface area (Å²) >= 11 is 0. The zero-order chi connectivity index (χ0) is 11.8. The summed E-state index contributed by atoms with van der Waals surface area (Å²) in [5, 5.41) is 2.35. The number of carbonyl (C=O) groups excluding carboxylic acids is 2. The molecule has 0 aromatic carbocycles. The highest BCUT2D eigenvalue weighted by Crippen LogP contribution is 1.99. The number of allylic oxidation sites excluding steroid dienone is 1. The van der Waals surface area contributed by atoms with Crippen LogP contribution in [-0.2, 0) is 14.3 Å². The lowest BCUT2D eigenvalue weighted by Crippen LogP contribution is -2.27. The molecular formula is C11H11N2O3. The minimum Gasteiger partial charge on any atom is -0.375 e. The summed E-state index contributed by atoms with van der Waals surface area (Å²) in [6.45, 7) is -0.110. The minimum atomic E-state index is -0.409. The molecule has 1 amide bonds. The van der Waals surface area contributed by atoms with Crippen LogP contribution in [0.5, 0.6) is 0 Å². The first kappa shape index (κ1) is 12.1. The number of carbonyl (C=O) groups is 1. The molecule has 0 saturated carbocycles. The molecule has 5 heteroatoms. The molecule has 0 bridgehead atoms. The monoisotopic (exact) mass is 219 g/mol. The van der Waals surface area contributed by atoms with Crippen LogP contribution in [0.15, 0.2) is 30.1 Å². The standard InChI is InChI=1S/C11H11N2O3/c1-16-8-11(15)13-10(7-14)6-9-4-2-3-5-12-9/h2-6H,8H2,1H3,(H,13,15). The van der Waals surface area contributed by atoms with Gasteiger partial charge in [-0.15, -0.1) is 0 Å². The number of methoxy groups -OCH3 is 1. The van der Waals surface area contributed by atoms with Gasteiger partial charge in [-0.3, -0.25) is 14.6 Å². The predicted molar refractivity (Wildman–Crippen MR) is 57.9 cm³/mol. The van der Waals surface area contributed by atoms with Crippen molar-refractivity contribution in [2.24, 2.45) is 0 Å². The Morgan fingerprint density at radius 1 is 1.62 bits per heavy atom. The Hall–Kier alpha value is -2.01. The smallest absolute Gasteiger partial charge is 0.251 e. The topological polar surface area (TPSA) is 68.3 Å². The van der Waals surface area contributed by atoms with Crippen molar-refractivity contribution < 1.29 is 14.3 Å². The van der Waals surface area contributed by atoms with Gasteiger partial charge in [0.1, 0.15) is 6.61 Å². The molecule has 0 aliphatic heterocycles. The van der Waals surface area contributed by atoms with Crippen molar-refractivity contribution in [3.8, 4) is 0 Å². The second kappa shape index (κ2) is 6.47. The maximum atomic E-state index is 11.1. The first-order valence-electron chi connectivity index (χ1n) is 4.56. The summed E-state index contributed by atoms with van der Waals surface area (Å²) in [4.78, 5) is 25.7. The molecule has 83 valence electrons. The van der Waals surface area contributed by atoms with Gasteiger partial charge in [0.15, 0.2) is 0 Å². The fourth-order valence-corrected chi connectivity index (χ4v) is 1.02. The number of ether oxygens (including phenoxy) is 1. The summed E-state index contributed by atoms with van der Waals surface area (Å²) in [5.74, 6) is -0.409. The van der Waals surface area contributed by atoms with Gasteiger partial charge in [-0.2, -0.15) is 0 Å². The molecule has 1 radical (unpaired) electrons. The molecule has 0 atom stereocenters. The van der Waals surface area contributed by atoms with E-state index in [4.69, 9.17) is 0 Å². The number of pyridine rings is 1. The van der Waals surface area contributed by atoms with Crippen molar-refractivity contribution in [1.82, 2.24) is 10.3 Å². The summed E-state index contributed by atoms with van der Waals surface area (Å²) < 4.78 is 4.61. The molecular weight excluding hydrogens is 208 g/mol. The van der Waals surface area contributed by atoms with Crippen molar-refractivity contribution in [2.45, 2.75) is 0 Å². The van der Waals surface area contributed by atoms with E-state index in [-0.39, 0.29) is 12.3 Å². The highest BCUT2D eigenvalue weighted by atomic mass is 16.5. The maximum Gasteiger partial charge on any atom is 0.251 e. The second-order valence-corrected chi connectivity index (χ2v) is 2.90. The number of aromatic nitrogens is 1. The Balaban J connectivity index is 2.71. The van der Waals surface area contributed by atoms with Crippen LogP contribution in [0.2, 0.25) is 0 Å². The fraction of sp³-hybridized carbons (Fsp3) is 0.182. The molecule has 1 rings (SSSR count). The Morgan fingerprint density at radius 3 is 3.00 bits per heavy atom. The van der Waals surface area contributed by atoms with Gasteiger partial charge >= 0.3 is 0 Å². The van der Waals surface area contributed by atoms with Gasteiger partial charge in [0.2, 0.25) is 5.91 Å². The van der Waals surface area contributed by atoms with Crippen LogP contribution in [0, 0.1) is 0 Å². The lowest BCUT2D eigenvalue weighted by Gasteiger charge is -2.02. The van der Waals surface area contributed by atoms with Gasteiger partial charge in [0, 0.05) is 13.3 Å². The van der Waals surface area contributed by atoms with E-state index in [1.807, 2.05) is 0 Å². The maximum absolute atomic E-state index is 11.1. The van der Waals surface area contributed by atoms with Crippen LogP contribution in [0.25, 0.3) is 6.08 Å². The quantitative estimate of drug-likeness (QED) is 0.723. The minimum absolute atomic E-state index is 0.0285. The number of rotatable bonds is 5. The average Bonchev–Trinajstić information content (AvgIpc) is 2.30. The highest BCUT2D eigenvalue weighted by molar-refractivity contribution is 5.90. The summed E-state index contributed by atoms with van der Waals surface area (Å²) in [6, 6.07) is 5.24. The summed E-state index contributed by atoms with van der Waals surface area (Å²) in [6.07, 6.45) is 4.64. The molecule has 0 saturated heterocycles. The highest BCUT2D eigenvalue weighted by Gasteiger charge is 2.04. The Morgan fingerprint density at radius 2 is 2.44 bits per heavy atom. The molecule has 1 N–H and O–H groups in total. The summed E-state index contributed by atoms with van der Waals surface area (Å²) in [7, 11) is 1.40. The van der Waals surface area contributed by atoms with Crippen LogP contribution in [0.4, 0.5) is 0 Å². The van der Waals surface area contributed by atoms with E-state index in [0.717, 1.165) is 0 Å². The van der Waals surface area contributed by atoms with Gasteiger partial charge in [0.25, 0.3) is 6.29 Å². The van der Waals surface area contributed by atoms with E-state index in [9.17, 15) is 9.59 Å². The second-order valence-electron chi connectivity index (χ2n) is 2.90. The van der Waals surface area contributed by atoms with Crippen molar-refractivity contribution in [2.75, 3.05) is 13.7 Å². The van der Waals surface area contributed by atoms with E-state index in [0.29, 0.717) is 5.69 Å². The van der Waals surface area contributed by atoms with Crippen molar-refractivity contribution in [3.63, 3.8) is 0 Å². The fourth-order valence-electron chi connectivity index (χ4n) is 1.02. The zero-order valence-corrected chi connectivity index (χ0v) is 8.77. The molecule has 1 aromatic rings. The van der Waals surface area contributed by atoms with E-state index < -0.39 is 5.91 Å². The van der Waals surface area contributed by atoms with E-state index in [1.54, 1.807) is 30.7 Å². The van der Waals surface area contributed by atoms with Crippen LogP contribution in [0.3, 0.4) is 0 Å². The lowest BCUT2D eigenvalue weighted by atomic mass is 10.3. The molecule has 0 fully saturated rings. The lowest BCUT2D eigenvalue weighted by molar-refractivity contribution is -0.123. The Bertz CT molecular complexity index is 387. The number of hydrogen-bond donors (Lipinski definition) is 1. The first-order chi connectivity index (χ1) is 7.76. The Kier molecular flexibility index (Phi) is 4.88. The predicted octanol–water partition coefficient (Wildman–Crippen LogP) is 0.295. The van der Waals surface area contributed by atoms with Crippen LogP contribution >= 0.6 is 0 Å². The van der Waals surface area contributed by atoms with E-state index >= 15 is 0 Å². The molecule has 0 spiro atoms. The van der Waals surface area contributed by atoms with Crippen molar-refractivity contribution >= 4 is 18.3 Å². The third kappa shape index (κ3) is 4.02. The third-order valence-corrected chi connectivity index (χ3v) is 1.64. The first-order valence-corrected chi connectivity index (χ1v) is 4.56. The third-order valence-electron chi connectivity index (χ3n) is 1.64. The van der Waals surface area contributed by atoms with Gasteiger partial charge in [-0.1, -0.05) is 6.07 Å². The number of nitrogens with one attached hydrogen (secondary N) is 1. The van der Waals surface area contributed by atoms with Gasteiger partial charge < -0.3 is 10.1 Å². The molecule has 16 heavy (non-hydrogen) atoms. The number of amides is 1. The van der Waals surface area contributed by atoms with E-state index in [2.05, 4.69) is 15.0 Å². The molecule has 0 aliphatic carbocycles. The van der Waals surface area contributed by atoms with Crippen molar-refractivity contribution in [1.29, 1.82) is 0 Å². The molecule has 1 heterocycles. The average molecular weight is 219 g/mol. The molecule has 1 aromatic heterocycles. The van der Waals surface area contributed by atoms with Crippen LogP contribution in [0.1, 0.15) is 5.69 Å². The van der Waals surface area contributed by atoms with Gasteiger partial charge in [-0.25, -0.2) is 0 Å². The molecule has 0 aliphatic rings.